The molecule has 2 aromatic carbocycles. The Balaban J connectivity index is 1.69. The number of anilines is 1. The van der Waals surface area contributed by atoms with Crippen LogP contribution >= 0.6 is 0 Å². The Hall–Kier alpha value is -3.18. The van der Waals surface area contributed by atoms with Crippen LogP contribution in [0.2, 0.25) is 0 Å². The highest BCUT2D eigenvalue weighted by molar-refractivity contribution is 6.11. The average molecular weight is 389 g/mol. The third-order valence-corrected chi connectivity index (χ3v) is 5.55. The molecule has 4 rings (SSSR count). The lowest BCUT2D eigenvalue weighted by Gasteiger charge is -2.23. The number of nitrogens with zero attached hydrogens (tertiary/aromatic N) is 1. The summed E-state index contributed by atoms with van der Waals surface area (Å²) in [7, 11) is 0. The molecule has 5 heteroatoms. The van der Waals surface area contributed by atoms with Gasteiger partial charge in [-0.1, -0.05) is 48.0 Å². The van der Waals surface area contributed by atoms with Gasteiger partial charge in [0, 0.05) is 5.56 Å². The first kappa shape index (κ1) is 19.2. The monoisotopic (exact) mass is 389 g/mol. The molecule has 0 fully saturated rings. The third kappa shape index (κ3) is 3.17. The lowest BCUT2D eigenvalue weighted by atomic mass is 9.87. The van der Waals surface area contributed by atoms with Gasteiger partial charge in [-0.2, -0.15) is 0 Å². The van der Waals surface area contributed by atoms with Crippen molar-refractivity contribution in [3.8, 4) is 0 Å². The Bertz CT molecular complexity index is 1080. The molecular weight excluding hydrogens is 366 g/mol. The number of hydrogen-bond acceptors (Lipinski definition) is 4. The number of Topliss-reactive ketones (excluding diaryl/α,β-unsaturated/α-hetero) is 1. The van der Waals surface area contributed by atoms with E-state index in [1.165, 1.54) is 6.26 Å². The number of benzene rings is 2. The molecule has 1 atom stereocenters. The maximum Gasteiger partial charge on any atom is 0.264 e. The first-order chi connectivity index (χ1) is 13.8. The normalized spacial score (nSPS) is 18.2. The Morgan fingerprint density at radius 1 is 1.07 bits per heavy atom. The van der Waals surface area contributed by atoms with Crippen LogP contribution in [0.15, 0.2) is 59.2 Å². The molecule has 148 valence electrons. The standard InChI is InChI=1S/C24H23NO4/c1-15-8-10-18(11-9-15)13-25-20-7-5-4-6-19(20)24(28,23(25)27)12-21(26)22-16(2)14-29-17(22)3/h4-11,14,28H,12-13H2,1-3H3/t24-/m1/s1. The number of hydrogen-bond donors (Lipinski definition) is 1. The number of carbonyl (C=O) groups excluding carboxylic acids is 2. The molecule has 0 saturated carbocycles. The van der Waals surface area contributed by atoms with E-state index in [-0.39, 0.29) is 12.2 Å². The van der Waals surface area contributed by atoms with Crippen molar-refractivity contribution < 1.29 is 19.1 Å². The number of amides is 1. The van der Waals surface area contributed by atoms with Crippen LogP contribution in [-0.4, -0.2) is 16.8 Å². The molecule has 5 nitrogen and oxygen atoms in total. The smallest absolute Gasteiger partial charge is 0.264 e. The summed E-state index contributed by atoms with van der Waals surface area (Å²) in [6.45, 7) is 5.82. The maximum atomic E-state index is 13.3. The summed E-state index contributed by atoms with van der Waals surface area (Å²) in [6, 6.07) is 15.0. The largest absolute Gasteiger partial charge is 0.469 e. The van der Waals surface area contributed by atoms with E-state index in [0.717, 1.165) is 11.1 Å². The predicted octanol–water partition coefficient (Wildman–Crippen LogP) is 4.21. The molecule has 0 radical (unpaired) electrons. The minimum atomic E-state index is -1.89. The fourth-order valence-corrected chi connectivity index (χ4v) is 4.02. The van der Waals surface area contributed by atoms with Crippen molar-refractivity contribution in [1.82, 2.24) is 0 Å². The molecule has 0 saturated heterocycles. The molecule has 0 bridgehead atoms. The van der Waals surface area contributed by atoms with E-state index >= 15 is 0 Å². The van der Waals surface area contributed by atoms with Gasteiger partial charge in [-0.15, -0.1) is 0 Å². The van der Waals surface area contributed by atoms with E-state index in [0.29, 0.717) is 34.7 Å². The van der Waals surface area contributed by atoms with Crippen molar-refractivity contribution in [3.63, 3.8) is 0 Å². The maximum absolute atomic E-state index is 13.3. The van der Waals surface area contributed by atoms with Gasteiger partial charge >= 0.3 is 0 Å². The first-order valence-corrected chi connectivity index (χ1v) is 9.58. The van der Waals surface area contributed by atoms with Gasteiger partial charge in [-0.05, 0) is 38.0 Å². The molecule has 1 aromatic heterocycles. The van der Waals surface area contributed by atoms with Crippen LogP contribution in [0.4, 0.5) is 5.69 Å². The second-order valence-electron chi connectivity index (χ2n) is 7.70. The minimum Gasteiger partial charge on any atom is -0.469 e. The van der Waals surface area contributed by atoms with Crippen molar-refractivity contribution in [2.24, 2.45) is 0 Å². The second kappa shape index (κ2) is 7.01. The molecule has 29 heavy (non-hydrogen) atoms. The fourth-order valence-electron chi connectivity index (χ4n) is 4.02. The molecule has 0 unspecified atom stereocenters. The van der Waals surface area contributed by atoms with E-state index in [1.54, 1.807) is 36.9 Å². The number of carbonyl (C=O) groups is 2. The lowest BCUT2D eigenvalue weighted by molar-refractivity contribution is -0.136. The predicted molar refractivity (Wildman–Crippen MR) is 110 cm³/mol. The van der Waals surface area contributed by atoms with Crippen molar-refractivity contribution in [2.75, 3.05) is 4.90 Å². The summed E-state index contributed by atoms with van der Waals surface area (Å²) in [6.07, 6.45) is 1.19. The van der Waals surface area contributed by atoms with Crippen LogP contribution in [0.3, 0.4) is 0 Å². The highest BCUT2D eigenvalue weighted by Crippen LogP contribution is 2.43. The number of furan rings is 1. The zero-order chi connectivity index (χ0) is 20.8. The minimum absolute atomic E-state index is 0.309. The Morgan fingerprint density at radius 2 is 1.76 bits per heavy atom. The topological polar surface area (TPSA) is 70.8 Å². The molecule has 1 N–H and O–H groups in total. The van der Waals surface area contributed by atoms with Gasteiger partial charge in [0.25, 0.3) is 5.91 Å². The van der Waals surface area contributed by atoms with Crippen LogP contribution in [0.25, 0.3) is 0 Å². The molecule has 1 aliphatic rings. The summed E-state index contributed by atoms with van der Waals surface area (Å²) >= 11 is 0. The number of ketones is 1. The molecule has 0 aliphatic carbocycles. The third-order valence-electron chi connectivity index (χ3n) is 5.55. The molecule has 1 amide bonds. The number of aryl methyl sites for hydroxylation is 3. The number of aliphatic hydroxyl groups is 1. The summed E-state index contributed by atoms with van der Waals surface area (Å²) < 4.78 is 5.32. The van der Waals surface area contributed by atoms with Crippen molar-refractivity contribution >= 4 is 17.4 Å². The zero-order valence-corrected chi connectivity index (χ0v) is 16.7. The summed E-state index contributed by atoms with van der Waals surface area (Å²) in [4.78, 5) is 27.9. The Kier molecular flexibility index (Phi) is 4.63. The van der Waals surface area contributed by atoms with Crippen molar-refractivity contribution in [2.45, 2.75) is 39.3 Å². The molecule has 1 aliphatic heterocycles. The SMILES string of the molecule is Cc1ccc(CN2C(=O)[C@@](O)(CC(=O)c3c(C)coc3C)c3ccccc32)cc1. The number of rotatable bonds is 5. The number of para-hydroxylation sites is 1. The van der Waals surface area contributed by atoms with Crippen LogP contribution in [0, 0.1) is 20.8 Å². The summed E-state index contributed by atoms with van der Waals surface area (Å²) in [5.41, 5.74) is 2.42. The van der Waals surface area contributed by atoms with Gasteiger partial charge in [0.1, 0.15) is 5.76 Å². The van der Waals surface area contributed by atoms with E-state index in [1.807, 2.05) is 37.3 Å². The van der Waals surface area contributed by atoms with E-state index < -0.39 is 11.5 Å². The van der Waals surface area contributed by atoms with Crippen molar-refractivity contribution in [3.05, 3.63) is 88.4 Å². The zero-order valence-electron chi connectivity index (χ0n) is 16.7. The van der Waals surface area contributed by atoms with Gasteiger partial charge in [0.2, 0.25) is 0 Å². The molecule has 2 heterocycles. The van der Waals surface area contributed by atoms with Gasteiger partial charge in [-0.25, -0.2) is 0 Å². The van der Waals surface area contributed by atoms with Crippen LogP contribution in [0.5, 0.6) is 0 Å². The average Bonchev–Trinajstić information content (AvgIpc) is 3.14. The van der Waals surface area contributed by atoms with Gasteiger partial charge < -0.3 is 14.4 Å². The summed E-state index contributed by atoms with van der Waals surface area (Å²) in [5, 5.41) is 11.4. The van der Waals surface area contributed by atoms with E-state index in [2.05, 4.69) is 0 Å². The highest BCUT2D eigenvalue weighted by atomic mass is 16.3. The summed E-state index contributed by atoms with van der Waals surface area (Å²) in [5.74, 6) is -0.297. The Morgan fingerprint density at radius 3 is 2.41 bits per heavy atom. The number of fused-ring (bicyclic) bond motifs is 1. The second-order valence-corrected chi connectivity index (χ2v) is 7.70. The highest BCUT2D eigenvalue weighted by Gasteiger charge is 2.51. The van der Waals surface area contributed by atoms with Crippen LogP contribution < -0.4 is 4.90 Å². The van der Waals surface area contributed by atoms with Crippen molar-refractivity contribution in [1.29, 1.82) is 0 Å². The molecule has 0 spiro atoms. The first-order valence-electron chi connectivity index (χ1n) is 9.58. The van der Waals surface area contributed by atoms with Gasteiger partial charge in [0.05, 0.1) is 30.5 Å². The Labute approximate surface area is 169 Å². The molecule has 3 aromatic rings. The van der Waals surface area contributed by atoms with Crippen LogP contribution in [0.1, 0.15) is 44.8 Å². The van der Waals surface area contributed by atoms with E-state index in [9.17, 15) is 14.7 Å². The quantitative estimate of drug-likeness (QED) is 0.664. The fraction of sp³-hybridized carbons (Fsp3) is 0.250. The van der Waals surface area contributed by atoms with Gasteiger partial charge in [-0.3, -0.25) is 9.59 Å². The lowest BCUT2D eigenvalue weighted by Crippen LogP contribution is -2.41. The van der Waals surface area contributed by atoms with Crippen LogP contribution in [-0.2, 0) is 16.9 Å². The van der Waals surface area contributed by atoms with Gasteiger partial charge in [0.15, 0.2) is 11.4 Å². The van der Waals surface area contributed by atoms with E-state index in [4.69, 9.17) is 4.42 Å². The molecular formula is C24H23NO4.